The average Bonchev–Trinajstić information content (AvgIpc) is 3.51. The van der Waals surface area contributed by atoms with Crippen LogP contribution in [0, 0.1) is 5.82 Å². The van der Waals surface area contributed by atoms with E-state index < -0.39 is 11.8 Å². The van der Waals surface area contributed by atoms with E-state index in [1.165, 1.54) is 34.3 Å². The summed E-state index contributed by atoms with van der Waals surface area (Å²) >= 11 is 0. The summed E-state index contributed by atoms with van der Waals surface area (Å²) in [6.07, 6.45) is 9.02. The molecule has 0 spiro atoms. The Balaban J connectivity index is 1.24. The molecule has 0 unspecified atom stereocenters. The van der Waals surface area contributed by atoms with Crippen molar-refractivity contribution < 1.29 is 19.1 Å². The van der Waals surface area contributed by atoms with Gasteiger partial charge in [-0.05, 0) is 67.0 Å². The van der Waals surface area contributed by atoms with E-state index in [0.717, 1.165) is 30.5 Å². The monoisotopic (exact) mass is 535 g/mol. The zero-order chi connectivity index (χ0) is 27.5. The smallest absolute Gasteiger partial charge is 0.338 e. The lowest BCUT2D eigenvalue weighted by atomic mass is 9.93. The second kappa shape index (κ2) is 9.15. The Morgan fingerprint density at radius 1 is 1.00 bits per heavy atom. The van der Waals surface area contributed by atoms with E-state index in [4.69, 9.17) is 10.1 Å². The number of carboxylic acid groups (broad SMARTS) is 1. The summed E-state index contributed by atoms with van der Waals surface area (Å²) in [4.78, 5) is 31.7. The highest BCUT2D eigenvalue weighted by Crippen LogP contribution is 2.43. The van der Waals surface area contributed by atoms with Gasteiger partial charge in [0.05, 0.1) is 34.7 Å². The van der Waals surface area contributed by atoms with Crippen molar-refractivity contribution in [1.82, 2.24) is 24.1 Å². The number of rotatable bonds is 5. The first-order valence-corrected chi connectivity index (χ1v) is 13.4. The van der Waals surface area contributed by atoms with Crippen molar-refractivity contribution in [3.8, 4) is 16.9 Å². The maximum absolute atomic E-state index is 15.3. The summed E-state index contributed by atoms with van der Waals surface area (Å²) in [5.41, 5.74) is 6.01. The largest absolute Gasteiger partial charge is 0.478 e. The van der Waals surface area contributed by atoms with Crippen LogP contribution in [0.5, 0.6) is 0 Å². The van der Waals surface area contributed by atoms with Gasteiger partial charge in [0.1, 0.15) is 11.5 Å². The van der Waals surface area contributed by atoms with Crippen molar-refractivity contribution in [2.75, 3.05) is 6.54 Å². The molecule has 40 heavy (non-hydrogen) atoms. The van der Waals surface area contributed by atoms with Gasteiger partial charge in [0, 0.05) is 36.8 Å². The highest BCUT2D eigenvalue weighted by Gasteiger charge is 2.32. The Hall–Kier alpha value is -4.79. The number of carbonyl (C=O) groups excluding carboxylic acids is 1. The van der Waals surface area contributed by atoms with E-state index in [9.17, 15) is 9.59 Å². The van der Waals surface area contributed by atoms with Gasteiger partial charge in [-0.1, -0.05) is 24.3 Å². The average molecular weight is 536 g/mol. The number of imidazole rings is 1. The van der Waals surface area contributed by atoms with Crippen LogP contribution in [0.25, 0.3) is 22.6 Å². The van der Waals surface area contributed by atoms with Gasteiger partial charge in [0.2, 0.25) is 0 Å². The molecule has 200 valence electrons. The number of hydrogen-bond acceptors (Lipinski definition) is 4. The third kappa shape index (κ3) is 4.05. The SMILES string of the molecule is C[C@@H]1c2ccccc2CCN1C(=O)c1cc(C2CC2)c2nc(-c3ccc(-n4cc(C(=O)O)cn4)cc3F)cn2c1. The van der Waals surface area contributed by atoms with Crippen LogP contribution in [0.3, 0.4) is 0 Å². The van der Waals surface area contributed by atoms with Crippen LogP contribution in [-0.2, 0) is 6.42 Å². The molecule has 3 aromatic heterocycles. The van der Waals surface area contributed by atoms with Crippen LogP contribution in [-0.4, -0.2) is 47.6 Å². The maximum Gasteiger partial charge on any atom is 0.338 e. The summed E-state index contributed by atoms with van der Waals surface area (Å²) in [6, 6.07) is 14.8. The van der Waals surface area contributed by atoms with Crippen molar-refractivity contribution in [3.05, 3.63) is 107 Å². The van der Waals surface area contributed by atoms with Crippen LogP contribution < -0.4 is 0 Å². The number of fused-ring (bicyclic) bond motifs is 2. The molecule has 1 fully saturated rings. The molecule has 1 saturated carbocycles. The lowest BCUT2D eigenvalue weighted by Crippen LogP contribution is -2.39. The number of aromatic carboxylic acids is 1. The predicted octanol–water partition coefficient (Wildman–Crippen LogP) is 5.66. The zero-order valence-corrected chi connectivity index (χ0v) is 21.8. The number of benzene rings is 2. The van der Waals surface area contributed by atoms with E-state index in [-0.39, 0.29) is 17.5 Å². The quantitative estimate of drug-likeness (QED) is 0.314. The van der Waals surface area contributed by atoms with Crippen molar-refractivity contribution in [2.45, 2.75) is 38.1 Å². The molecule has 7 rings (SSSR count). The summed E-state index contributed by atoms with van der Waals surface area (Å²) in [7, 11) is 0. The van der Waals surface area contributed by atoms with Crippen LogP contribution >= 0.6 is 0 Å². The predicted molar refractivity (Wildman–Crippen MR) is 146 cm³/mol. The molecular weight excluding hydrogens is 509 g/mol. The molecule has 1 amide bonds. The number of carboxylic acids is 1. The van der Waals surface area contributed by atoms with Gasteiger partial charge in [-0.2, -0.15) is 5.10 Å². The van der Waals surface area contributed by atoms with Gasteiger partial charge in [-0.3, -0.25) is 4.79 Å². The highest BCUT2D eigenvalue weighted by atomic mass is 19.1. The summed E-state index contributed by atoms with van der Waals surface area (Å²) in [5.74, 6) is -1.28. The maximum atomic E-state index is 15.3. The molecule has 1 N–H and O–H groups in total. The molecule has 9 heteroatoms. The first kappa shape index (κ1) is 24.3. The van der Waals surface area contributed by atoms with Gasteiger partial charge >= 0.3 is 5.97 Å². The van der Waals surface area contributed by atoms with E-state index >= 15 is 4.39 Å². The fourth-order valence-electron chi connectivity index (χ4n) is 5.71. The van der Waals surface area contributed by atoms with Crippen molar-refractivity contribution in [1.29, 1.82) is 0 Å². The second-order valence-corrected chi connectivity index (χ2v) is 10.6. The Kier molecular flexibility index (Phi) is 5.55. The number of hydrogen-bond donors (Lipinski definition) is 1. The Morgan fingerprint density at radius 2 is 1.82 bits per heavy atom. The summed E-state index contributed by atoms with van der Waals surface area (Å²) in [6.45, 7) is 2.73. The van der Waals surface area contributed by atoms with Crippen LogP contribution in [0.1, 0.15) is 69.1 Å². The number of halogens is 1. The van der Waals surface area contributed by atoms with Crippen molar-refractivity contribution in [2.24, 2.45) is 0 Å². The van der Waals surface area contributed by atoms with Gasteiger partial charge in [-0.15, -0.1) is 0 Å². The lowest BCUT2D eigenvalue weighted by molar-refractivity contribution is 0.0673. The Labute approximate surface area is 229 Å². The van der Waals surface area contributed by atoms with Crippen LogP contribution in [0.4, 0.5) is 4.39 Å². The standard InChI is InChI=1S/C31H26FN5O3/c1-18-24-5-3-2-4-19(24)10-11-36(18)30(38)21-12-26(20-6-7-20)29-34-28(17-35(29)15-21)25-9-8-23(13-27(25)32)37-16-22(14-33-37)31(39)40/h2-5,8-9,12-18,20H,6-7,10-11H2,1H3,(H,39,40)/t18-/m1/s1. The van der Waals surface area contributed by atoms with E-state index in [2.05, 4.69) is 24.2 Å². The van der Waals surface area contributed by atoms with E-state index in [0.29, 0.717) is 35.0 Å². The highest BCUT2D eigenvalue weighted by molar-refractivity contribution is 5.95. The zero-order valence-electron chi connectivity index (χ0n) is 21.8. The molecular formula is C31H26FN5O3. The molecule has 1 aliphatic heterocycles. The minimum absolute atomic E-state index is 0.0171. The molecule has 4 heterocycles. The van der Waals surface area contributed by atoms with Crippen LogP contribution in [0.2, 0.25) is 0 Å². The fourth-order valence-corrected chi connectivity index (χ4v) is 5.71. The van der Waals surface area contributed by atoms with Crippen molar-refractivity contribution >= 4 is 17.5 Å². The fraction of sp³-hybridized carbons (Fsp3) is 0.226. The number of amides is 1. The van der Waals surface area contributed by atoms with Crippen molar-refractivity contribution in [3.63, 3.8) is 0 Å². The minimum atomic E-state index is -1.10. The molecule has 2 aliphatic rings. The van der Waals surface area contributed by atoms with Gasteiger partial charge < -0.3 is 14.4 Å². The van der Waals surface area contributed by atoms with E-state index in [1.54, 1.807) is 24.5 Å². The third-order valence-electron chi connectivity index (χ3n) is 8.02. The molecule has 1 atom stereocenters. The molecule has 0 bridgehead atoms. The topological polar surface area (TPSA) is 92.7 Å². The second-order valence-electron chi connectivity index (χ2n) is 10.6. The van der Waals surface area contributed by atoms with Gasteiger partial charge in [0.15, 0.2) is 0 Å². The lowest BCUT2D eigenvalue weighted by Gasteiger charge is -2.35. The Morgan fingerprint density at radius 3 is 2.58 bits per heavy atom. The molecule has 0 radical (unpaired) electrons. The van der Waals surface area contributed by atoms with Gasteiger partial charge in [0.25, 0.3) is 5.91 Å². The normalized spacial score (nSPS) is 16.8. The van der Waals surface area contributed by atoms with Crippen LogP contribution in [0.15, 0.2) is 73.3 Å². The van der Waals surface area contributed by atoms with E-state index in [1.807, 2.05) is 27.5 Å². The summed E-state index contributed by atoms with van der Waals surface area (Å²) in [5, 5.41) is 13.2. The molecule has 8 nitrogen and oxygen atoms in total. The number of pyridine rings is 1. The molecule has 5 aromatic rings. The molecule has 0 saturated heterocycles. The molecule has 2 aromatic carbocycles. The van der Waals surface area contributed by atoms with Gasteiger partial charge in [-0.25, -0.2) is 18.9 Å². The number of carbonyl (C=O) groups is 2. The Bertz CT molecular complexity index is 1820. The first-order valence-electron chi connectivity index (χ1n) is 13.4. The first-order chi connectivity index (χ1) is 19.4. The molecule has 1 aliphatic carbocycles. The number of aromatic nitrogens is 4. The summed E-state index contributed by atoms with van der Waals surface area (Å²) < 4.78 is 18.5. The minimum Gasteiger partial charge on any atom is -0.478 e. The third-order valence-corrected chi connectivity index (χ3v) is 8.02. The number of nitrogens with zero attached hydrogens (tertiary/aromatic N) is 5.